The number of hydrogen-bond donors (Lipinski definition) is 1. The van der Waals surface area contributed by atoms with Crippen LogP contribution in [0.25, 0.3) is 0 Å². The van der Waals surface area contributed by atoms with Crippen LogP contribution in [-0.2, 0) is 7.05 Å². The van der Waals surface area contributed by atoms with Gasteiger partial charge < -0.3 is 5.32 Å². The minimum atomic E-state index is -0.260. The highest BCUT2D eigenvalue weighted by molar-refractivity contribution is 9.10. The number of nitrogens with one attached hydrogen (secondary N) is 1. The van der Waals surface area contributed by atoms with Gasteiger partial charge in [0.2, 0.25) is 0 Å². The number of nitrogens with zero attached hydrogens (tertiary/aromatic N) is 2. The van der Waals surface area contributed by atoms with E-state index in [0.29, 0.717) is 16.7 Å². The molecule has 0 aliphatic rings. The maximum absolute atomic E-state index is 12.9. The largest absolute Gasteiger partial charge is 0.350 e. The predicted molar refractivity (Wildman–Crippen MR) is 78.1 cm³/mol. The van der Waals surface area contributed by atoms with Crippen molar-refractivity contribution in [2.45, 2.75) is 12.8 Å². The fraction of sp³-hybridized carbons (Fsp3) is 0.286. The molecule has 4 nitrogen and oxygen atoms in total. The quantitative estimate of drug-likeness (QED) is 0.930. The fourth-order valence-corrected chi connectivity index (χ4v) is 2.43. The molecule has 1 heterocycles. The van der Waals surface area contributed by atoms with E-state index < -0.39 is 0 Å². The summed E-state index contributed by atoms with van der Waals surface area (Å²) < 4.78 is 15.0. The van der Waals surface area contributed by atoms with Crippen LogP contribution in [0.15, 0.2) is 34.9 Å². The minimum Gasteiger partial charge on any atom is -0.350 e. The Kier molecular flexibility index (Phi) is 4.54. The molecule has 1 aromatic carbocycles. The Morgan fingerprint density at radius 2 is 2.10 bits per heavy atom. The molecule has 1 amide bonds. The Morgan fingerprint density at radius 1 is 1.45 bits per heavy atom. The van der Waals surface area contributed by atoms with Crippen LogP contribution in [0.2, 0.25) is 0 Å². The van der Waals surface area contributed by atoms with Gasteiger partial charge in [0.15, 0.2) is 0 Å². The zero-order valence-electron chi connectivity index (χ0n) is 11.2. The first-order valence-electron chi connectivity index (χ1n) is 6.20. The van der Waals surface area contributed by atoms with Crippen LogP contribution < -0.4 is 5.32 Å². The van der Waals surface area contributed by atoms with Crippen molar-refractivity contribution >= 4 is 21.8 Å². The average molecular weight is 340 g/mol. The summed E-state index contributed by atoms with van der Waals surface area (Å²) in [4.78, 5) is 12.1. The number of aromatic nitrogens is 2. The molecule has 106 valence electrons. The lowest BCUT2D eigenvalue weighted by molar-refractivity contribution is 0.0941. The third kappa shape index (κ3) is 3.25. The van der Waals surface area contributed by atoms with Gasteiger partial charge in [0.1, 0.15) is 11.5 Å². The van der Waals surface area contributed by atoms with Gasteiger partial charge in [-0.2, -0.15) is 5.10 Å². The van der Waals surface area contributed by atoms with Gasteiger partial charge in [-0.3, -0.25) is 9.48 Å². The molecule has 2 rings (SSSR count). The minimum absolute atomic E-state index is 0.103. The highest BCUT2D eigenvalue weighted by Crippen LogP contribution is 2.17. The van der Waals surface area contributed by atoms with Crippen LogP contribution in [0, 0.1) is 5.82 Å². The van der Waals surface area contributed by atoms with Gasteiger partial charge in [-0.15, -0.1) is 0 Å². The van der Waals surface area contributed by atoms with Gasteiger partial charge >= 0.3 is 0 Å². The van der Waals surface area contributed by atoms with Crippen molar-refractivity contribution < 1.29 is 9.18 Å². The van der Waals surface area contributed by atoms with E-state index in [1.165, 1.54) is 16.8 Å². The predicted octanol–water partition coefficient (Wildman–Crippen LogP) is 2.86. The molecule has 2 aromatic rings. The molecule has 0 saturated heterocycles. The number of benzene rings is 1. The van der Waals surface area contributed by atoms with Gasteiger partial charge in [0.25, 0.3) is 5.91 Å². The van der Waals surface area contributed by atoms with Gasteiger partial charge in [0, 0.05) is 13.6 Å². The van der Waals surface area contributed by atoms with Crippen molar-refractivity contribution in [1.82, 2.24) is 15.1 Å². The van der Waals surface area contributed by atoms with Crippen molar-refractivity contribution in [3.63, 3.8) is 0 Å². The number of hydrogen-bond acceptors (Lipinski definition) is 2. The van der Waals surface area contributed by atoms with E-state index in [9.17, 15) is 9.18 Å². The lowest BCUT2D eigenvalue weighted by atomic mass is 10.0. The molecule has 0 aliphatic heterocycles. The summed E-state index contributed by atoms with van der Waals surface area (Å²) in [7, 11) is 1.71. The van der Waals surface area contributed by atoms with Crippen molar-refractivity contribution in [1.29, 1.82) is 0 Å². The molecule has 1 atom stereocenters. The first kappa shape index (κ1) is 14.7. The molecule has 1 unspecified atom stereocenters. The van der Waals surface area contributed by atoms with E-state index in [1.54, 1.807) is 25.4 Å². The summed E-state index contributed by atoms with van der Waals surface area (Å²) >= 11 is 3.29. The molecule has 0 spiro atoms. The highest BCUT2D eigenvalue weighted by atomic mass is 79.9. The van der Waals surface area contributed by atoms with Crippen LogP contribution in [0.4, 0.5) is 4.39 Å². The molecule has 1 N–H and O–H groups in total. The lowest BCUT2D eigenvalue weighted by Crippen LogP contribution is -2.29. The number of halogens is 2. The Morgan fingerprint density at radius 3 is 2.65 bits per heavy atom. The lowest BCUT2D eigenvalue weighted by Gasteiger charge is -2.13. The van der Waals surface area contributed by atoms with Gasteiger partial charge in [-0.1, -0.05) is 19.1 Å². The first-order chi connectivity index (χ1) is 9.49. The van der Waals surface area contributed by atoms with E-state index >= 15 is 0 Å². The molecular weight excluding hydrogens is 325 g/mol. The highest BCUT2D eigenvalue weighted by Gasteiger charge is 2.16. The number of carbonyl (C=O) groups excluding carboxylic acids is 1. The number of rotatable bonds is 4. The summed E-state index contributed by atoms with van der Waals surface area (Å²) in [5.41, 5.74) is 1.46. The molecule has 0 aliphatic carbocycles. The SMILES string of the molecule is CC(CNC(=O)c1c(Br)cnn1C)c1ccc(F)cc1. The second kappa shape index (κ2) is 6.17. The molecule has 1 aromatic heterocycles. The van der Waals surface area contributed by atoms with E-state index in [2.05, 4.69) is 26.3 Å². The van der Waals surface area contributed by atoms with E-state index in [0.717, 1.165) is 5.56 Å². The zero-order chi connectivity index (χ0) is 14.7. The number of carbonyl (C=O) groups is 1. The molecule has 0 fully saturated rings. The molecular formula is C14H15BrFN3O. The first-order valence-corrected chi connectivity index (χ1v) is 6.99. The van der Waals surface area contributed by atoms with Gasteiger partial charge in [0.05, 0.1) is 10.7 Å². The van der Waals surface area contributed by atoms with Crippen LogP contribution in [0.3, 0.4) is 0 Å². The maximum atomic E-state index is 12.9. The van der Waals surface area contributed by atoms with Crippen LogP contribution >= 0.6 is 15.9 Å². The van der Waals surface area contributed by atoms with Crippen molar-refractivity contribution in [3.8, 4) is 0 Å². The average Bonchev–Trinajstić information content (AvgIpc) is 2.76. The Labute approximate surface area is 125 Å². The molecule has 20 heavy (non-hydrogen) atoms. The summed E-state index contributed by atoms with van der Waals surface area (Å²) in [6.45, 7) is 2.45. The van der Waals surface area contributed by atoms with Crippen molar-refractivity contribution in [2.24, 2.45) is 7.05 Å². The Balaban J connectivity index is 1.98. The summed E-state index contributed by atoms with van der Waals surface area (Å²) in [5.74, 6) is -0.346. The van der Waals surface area contributed by atoms with Gasteiger partial charge in [-0.05, 0) is 39.5 Å². The maximum Gasteiger partial charge on any atom is 0.270 e. The monoisotopic (exact) mass is 339 g/mol. The smallest absolute Gasteiger partial charge is 0.270 e. The Bertz CT molecular complexity index is 590. The molecule has 0 saturated carbocycles. The molecule has 0 bridgehead atoms. The number of amides is 1. The number of aryl methyl sites for hydroxylation is 1. The third-order valence-electron chi connectivity index (χ3n) is 3.12. The summed E-state index contributed by atoms with van der Waals surface area (Å²) in [6, 6.07) is 6.30. The van der Waals surface area contributed by atoms with E-state index in [-0.39, 0.29) is 17.6 Å². The standard InChI is InChI=1S/C14H15BrFN3O/c1-9(10-3-5-11(16)6-4-10)7-17-14(20)13-12(15)8-18-19(13)2/h3-6,8-9H,7H2,1-2H3,(H,17,20). The van der Waals surface area contributed by atoms with Crippen molar-refractivity contribution in [2.75, 3.05) is 6.54 Å². The van der Waals surface area contributed by atoms with Crippen LogP contribution in [0.5, 0.6) is 0 Å². The van der Waals surface area contributed by atoms with Crippen LogP contribution in [-0.4, -0.2) is 22.2 Å². The molecule has 6 heteroatoms. The topological polar surface area (TPSA) is 46.9 Å². The van der Waals surface area contributed by atoms with E-state index in [1.807, 2.05) is 6.92 Å². The van der Waals surface area contributed by atoms with Gasteiger partial charge in [-0.25, -0.2) is 4.39 Å². The Hall–Kier alpha value is -1.69. The van der Waals surface area contributed by atoms with Crippen molar-refractivity contribution in [3.05, 3.63) is 52.0 Å². The second-order valence-electron chi connectivity index (χ2n) is 4.63. The van der Waals surface area contributed by atoms with E-state index in [4.69, 9.17) is 0 Å². The zero-order valence-corrected chi connectivity index (χ0v) is 12.8. The fourth-order valence-electron chi connectivity index (χ4n) is 1.90. The summed E-state index contributed by atoms with van der Waals surface area (Å²) in [5, 5.41) is 6.86. The third-order valence-corrected chi connectivity index (χ3v) is 3.70. The summed E-state index contributed by atoms with van der Waals surface area (Å²) in [6.07, 6.45) is 1.58. The second-order valence-corrected chi connectivity index (χ2v) is 5.48. The molecule has 0 radical (unpaired) electrons. The normalized spacial score (nSPS) is 12.2. The van der Waals surface area contributed by atoms with Crippen LogP contribution in [0.1, 0.15) is 28.9 Å².